The number of hydrogen-bond acceptors (Lipinski definition) is 7. The Balaban J connectivity index is 2.07. The van der Waals surface area contributed by atoms with Gasteiger partial charge in [0, 0.05) is 28.8 Å². The Hall–Kier alpha value is -2.29. The first-order chi connectivity index (χ1) is 12.6. The van der Waals surface area contributed by atoms with E-state index in [0.717, 1.165) is 9.78 Å². The molecule has 1 aromatic carbocycles. The van der Waals surface area contributed by atoms with Crippen molar-refractivity contribution in [1.29, 1.82) is 0 Å². The Kier molecular flexibility index (Phi) is 5.65. The number of methoxy groups -OCH3 is 2. The molecule has 0 spiro atoms. The van der Waals surface area contributed by atoms with E-state index in [2.05, 4.69) is 0 Å². The fourth-order valence-electron chi connectivity index (χ4n) is 2.59. The Labute approximate surface area is 159 Å². The summed E-state index contributed by atoms with van der Waals surface area (Å²) in [4.78, 5) is 28.3. The third-order valence-corrected chi connectivity index (χ3v) is 5.68. The van der Waals surface area contributed by atoms with Crippen LogP contribution in [0.2, 0.25) is 0 Å². The van der Waals surface area contributed by atoms with Crippen LogP contribution < -0.4 is 14.4 Å². The molecule has 0 atom stereocenters. The van der Waals surface area contributed by atoms with Crippen molar-refractivity contribution in [1.82, 2.24) is 0 Å². The van der Waals surface area contributed by atoms with Gasteiger partial charge in [-0.1, -0.05) is 6.07 Å². The number of rotatable bonds is 7. The number of imide groups is 1. The van der Waals surface area contributed by atoms with Gasteiger partial charge in [-0.25, -0.2) is 4.90 Å². The van der Waals surface area contributed by atoms with Gasteiger partial charge in [0.1, 0.15) is 11.5 Å². The number of carbonyl (C=O) groups excluding carboxylic acids is 2. The van der Waals surface area contributed by atoms with Crippen molar-refractivity contribution in [3.8, 4) is 11.5 Å². The van der Waals surface area contributed by atoms with Gasteiger partial charge in [0.25, 0.3) is 11.8 Å². The molecule has 0 saturated carbocycles. The molecule has 0 saturated heterocycles. The van der Waals surface area contributed by atoms with Crippen molar-refractivity contribution in [2.45, 2.75) is 0 Å². The lowest BCUT2D eigenvalue weighted by Gasteiger charge is -2.17. The molecule has 6 nitrogen and oxygen atoms in total. The molecule has 0 radical (unpaired) electrons. The van der Waals surface area contributed by atoms with Crippen LogP contribution in [-0.2, 0) is 9.59 Å². The highest BCUT2D eigenvalue weighted by Gasteiger charge is 2.40. The molecule has 136 valence electrons. The standard InChI is InChI=1S/C18H17NO5S2/c1-23-12-8-11(9-13(10-12)24-2)19-17(21)15(14-4-3-6-25-14)16(18(19)22)26-7-5-20/h3-4,6,8-10,20H,5,7H2,1-2H3. The zero-order valence-electron chi connectivity index (χ0n) is 14.2. The van der Waals surface area contributed by atoms with Crippen LogP contribution in [0, 0.1) is 0 Å². The van der Waals surface area contributed by atoms with E-state index in [4.69, 9.17) is 14.6 Å². The van der Waals surface area contributed by atoms with E-state index in [1.807, 2.05) is 11.4 Å². The molecule has 0 bridgehead atoms. The van der Waals surface area contributed by atoms with E-state index >= 15 is 0 Å². The normalized spacial score (nSPS) is 14.3. The molecule has 0 aliphatic carbocycles. The van der Waals surface area contributed by atoms with Crippen LogP contribution in [0.15, 0.2) is 40.6 Å². The van der Waals surface area contributed by atoms with Crippen molar-refractivity contribution >= 4 is 46.2 Å². The first kappa shape index (κ1) is 18.5. The molecular weight excluding hydrogens is 374 g/mol. The number of nitrogens with zero attached hydrogens (tertiary/aromatic N) is 1. The lowest BCUT2D eigenvalue weighted by Crippen LogP contribution is -2.31. The molecule has 2 aromatic rings. The largest absolute Gasteiger partial charge is 0.497 e. The molecule has 2 amide bonds. The third kappa shape index (κ3) is 3.35. The number of aliphatic hydroxyl groups excluding tert-OH is 1. The third-order valence-electron chi connectivity index (χ3n) is 3.74. The Morgan fingerprint density at radius 2 is 1.81 bits per heavy atom. The Bertz CT molecular complexity index is 838. The summed E-state index contributed by atoms with van der Waals surface area (Å²) in [6.07, 6.45) is 0. The second kappa shape index (κ2) is 7.94. The summed E-state index contributed by atoms with van der Waals surface area (Å²) in [5.74, 6) is 0.488. The SMILES string of the molecule is COc1cc(OC)cc(N2C(=O)C(SCCO)=C(c3cccs3)C2=O)c1. The minimum absolute atomic E-state index is 0.0830. The number of hydrogen-bond donors (Lipinski definition) is 1. The molecule has 1 aliphatic heterocycles. The van der Waals surface area contributed by atoms with Crippen LogP contribution in [0.4, 0.5) is 5.69 Å². The van der Waals surface area contributed by atoms with Gasteiger partial charge >= 0.3 is 0 Å². The second-order valence-electron chi connectivity index (χ2n) is 5.27. The molecule has 1 aliphatic rings. The molecule has 1 N–H and O–H groups in total. The van der Waals surface area contributed by atoms with Gasteiger partial charge in [0.05, 0.1) is 37.0 Å². The molecule has 2 heterocycles. The number of anilines is 1. The van der Waals surface area contributed by atoms with Crippen LogP contribution in [0.25, 0.3) is 5.57 Å². The average Bonchev–Trinajstić information content (AvgIpc) is 3.25. The topological polar surface area (TPSA) is 76.1 Å². The highest BCUT2D eigenvalue weighted by molar-refractivity contribution is 8.04. The number of thioether (sulfide) groups is 1. The number of thiophene rings is 1. The first-order valence-corrected chi connectivity index (χ1v) is 9.61. The summed E-state index contributed by atoms with van der Waals surface area (Å²) in [5.41, 5.74) is 0.745. The summed E-state index contributed by atoms with van der Waals surface area (Å²) < 4.78 is 10.5. The minimum Gasteiger partial charge on any atom is -0.497 e. The molecule has 8 heteroatoms. The monoisotopic (exact) mass is 391 g/mol. The van der Waals surface area contributed by atoms with Crippen molar-refractivity contribution in [2.24, 2.45) is 0 Å². The lowest BCUT2D eigenvalue weighted by molar-refractivity contribution is -0.119. The van der Waals surface area contributed by atoms with E-state index in [1.165, 1.54) is 37.3 Å². The maximum Gasteiger partial charge on any atom is 0.272 e. The molecule has 0 unspecified atom stereocenters. The Morgan fingerprint density at radius 3 is 2.35 bits per heavy atom. The van der Waals surface area contributed by atoms with Crippen molar-refractivity contribution in [3.63, 3.8) is 0 Å². The zero-order chi connectivity index (χ0) is 18.7. The van der Waals surface area contributed by atoms with Gasteiger partial charge in [0.2, 0.25) is 0 Å². The fourth-order valence-corrected chi connectivity index (χ4v) is 4.27. The summed E-state index contributed by atoms with van der Waals surface area (Å²) >= 11 is 2.58. The number of benzene rings is 1. The van der Waals surface area contributed by atoms with Gasteiger partial charge in [-0.15, -0.1) is 23.1 Å². The minimum atomic E-state index is -0.410. The predicted octanol–water partition coefficient (Wildman–Crippen LogP) is 2.78. The lowest BCUT2D eigenvalue weighted by atomic mass is 10.2. The van der Waals surface area contributed by atoms with Crippen LogP contribution in [0.3, 0.4) is 0 Å². The first-order valence-electron chi connectivity index (χ1n) is 7.74. The molecular formula is C18H17NO5S2. The van der Waals surface area contributed by atoms with Gasteiger partial charge in [-0.05, 0) is 11.4 Å². The summed E-state index contributed by atoms with van der Waals surface area (Å²) in [5, 5.41) is 11.0. The molecule has 3 rings (SSSR count). The summed E-state index contributed by atoms with van der Waals surface area (Å²) in [7, 11) is 3.01. The van der Waals surface area contributed by atoms with Crippen molar-refractivity contribution in [2.75, 3.05) is 31.5 Å². The number of ether oxygens (including phenoxy) is 2. The molecule has 26 heavy (non-hydrogen) atoms. The van der Waals surface area contributed by atoms with Crippen molar-refractivity contribution < 1.29 is 24.2 Å². The van der Waals surface area contributed by atoms with E-state index in [0.29, 0.717) is 33.4 Å². The van der Waals surface area contributed by atoms with Gasteiger partial charge in [-0.3, -0.25) is 9.59 Å². The number of amides is 2. The maximum absolute atomic E-state index is 13.1. The van der Waals surface area contributed by atoms with Crippen molar-refractivity contribution in [3.05, 3.63) is 45.5 Å². The molecule has 0 fully saturated rings. The Morgan fingerprint density at radius 1 is 1.12 bits per heavy atom. The summed E-state index contributed by atoms with van der Waals surface area (Å²) in [6.45, 7) is -0.0830. The quantitative estimate of drug-likeness (QED) is 0.732. The number of aliphatic hydroxyl groups is 1. The van der Waals surface area contributed by atoms with E-state index in [-0.39, 0.29) is 6.61 Å². The maximum atomic E-state index is 13.1. The van der Waals surface area contributed by atoms with E-state index < -0.39 is 11.8 Å². The predicted molar refractivity (Wildman–Crippen MR) is 103 cm³/mol. The number of carbonyl (C=O) groups is 2. The highest BCUT2D eigenvalue weighted by atomic mass is 32.2. The fraction of sp³-hybridized carbons (Fsp3) is 0.222. The smallest absolute Gasteiger partial charge is 0.272 e. The van der Waals surface area contributed by atoms with Crippen LogP contribution in [0.1, 0.15) is 4.88 Å². The highest BCUT2D eigenvalue weighted by Crippen LogP contribution is 2.41. The van der Waals surface area contributed by atoms with Gasteiger partial charge in [0.15, 0.2) is 0 Å². The summed E-state index contributed by atoms with van der Waals surface area (Å²) in [6, 6.07) is 8.54. The van der Waals surface area contributed by atoms with Gasteiger partial charge in [-0.2, -0.15) is 0 Å². The van der Waals surface area contributed by atoms with Gasteiger partial charge < -0.3 is 14.6 Å². The van der Waals surface area contributed by atoms with Crippen LogP contribution in [-0.4, -0.2) is 43.5 Å². The molecule has 1 aromatic heterocycles. The van der Waals surface area contributed by atoms with Crippen LogP contribution in [0.5, 0.6) is 11.5 Å². The average molecular weight is 391 g/mol. The second-order valence-corrected chi connectivity index (χ2v) is 7.32. The zero-order valence-corrected chi connectivity index (χ0v) is 15.9. The van der Waals surface area contributed by atoms with E-state index in [9.17, 15) is 9.59 Å². The van der Waals surface area contributed by atoms with Crippen LogP contribution >= 0.6 is 23.1 Å². The van der Waals surface area contributed by atoms with E-state index in [1.54, 1.807) is 24.3 Å².